The van der Waals surface area contributed by atoms with Crippen LogP contribution in [0.4, 0.5) is 0 Å². The Morgan fingerprint density at radius 2 is 2.31 bits per heavy atom. The molecule has 16 heavy (non-hydrogen) atoms. The summed E-state index contributed by atoms with van der Waals surface area (Å²) in [6.07, 6.45) is 4.58. The molecule has 2 unspecified atom stereocenters. The van der Waals surface area contributed by atoms with Gasteiger partial charge in [-0.2, -0.15) is 5.10 Å². The minimum atomic E-state index is 0.169. The highest BCUT2D eigenvalue weighted by Gasteiger charge is 2.34. The largest absolute Gasteiger partial charge is 0.353 e. The Kier molecular flexibility index (Phi) is 2.99. The van der Waals surface area contributed by atoms with Crippen molar-refractivity contribution in [3.05, 3.63) is 17.5 Å². The van der Waals surface area contributed by atoms with E-state index in [1.54, 1.807) is 0 Å². The highest BCUT2D eigenvalue weighted by atomic mass is 16.2. The summed E-state index contributed by atoms with van der Waals surface area (Å²) in [4.78, 5) is 11.5. The van der Waals surface area contributed by atoms with E-state index in [9.17, 15) is 4.79 Å². The Bertz CT molecular complexity index is 397. The van der Waals surface area contributed by atoms with E-state index in [2.05, 4.69) is 30.5 Å². The quantitative estimate of drug-likeness (QED) is 0.838. The first kappa shape index (κ1) is 11.2. The van der Waals surface area contributed by atoms with Gasteiger partial charge >= 0.3 is 0 Å². The molecule has 0 saturated carbocycles. The molecule has 0 spiro atoms. The predicted molar refractivity (Wildman–Crippen MR) is 62.2 cm³/mol. The summed E-state index contributed by atoms with van der Waals surface area (Å²) >= 11 is 0. The molecule has 0 bridgehead atoms. The van der Waals surface area contributed by atoms with Crippen LogP contribution >= 0.6 is 0 Å². The second kappa shape index (κ2) is 4.28. The third-order valence-corrected chi connectivity index (χ3v) is 3.35. The van der Waals surface area contributed by atoms with Gasteiger partial charge < -0.3 is 5.32 Å². The molecule has 4 heteroatoms. The molecule has 0 radical (unpaired) electrons. The van der Waals surface area contributed by atoms with Crippen LogP contribution in [0.3, 0.4) is 0 Å². The Morgan fingerprint density at radius 3 is 2.94 bits per heavy atom. The number of hydrogen-bond acceptors (Lipinski definition) is 2. The van der Waals surface area contributed by atoms with Crippen molar-refractivity contribution in [3.8, 4) is 0 Å². The minimum absolute atomic E-state index is 0.169. The predicted octanol–water partition coefficient (Wildman–Crippen LogP) is 1.36. The van der Waals surface area contributed by atoms with E-state index in [0.29, 0.717) is 12.3 Å². The monoisotopic (exact) mass is 221 g/mol. The van der Waals surface area contributed by atoms with E-state index >= 15 is 0 Å². The fourth-order valence-electron chi connectivity index (χ4n) is 2.56. The molecule has 1 aliphatic rings. The van der Waals surface area contributed by atoms with Crippen LogP contribution in [0.2, 0.25) is 0 Å². The summed E-state index contributed by atoms with van der Waals surface area (Å²) in [6.45, 7) is 4.22. The highest BCUT2D eigenvalue weighted by molar-refractivity contribution is 5.80. The number of amides is 1. The van der Waals surface area contributed by atoms with E-state index in [1.165, 1.54) is 5.56 Å². The lowest BCUT2D eigenvalue weighted by Crippen LogP contribution is -2.27. The van der Waals surface area contributed by atoms with Gasteiger partial charge in [-0.1, -0.05) is 13.8 Å². The summed E-state index contributed by atoms with van der Waals surface area (Å²) < 4.78 is 1.85. The molecule has 1 saturated heterocycles. The summed E-state index contributed by atoms with van der Waals surface area (Å²) in [7, 11) is 1.94. The van der Waals surface area contributed by atoms with Crippen molar-refractivity contribution in [2.75, 3.05) is 0 Å². The van der Waals surface area contributed by atoms with Crippen molar-refractivity contribution < 1.29 is 4.79 Å². The Hall–Kier alpha value is -1.32. The van der Waals surface area contributed by atoms with Crippen LogP contribution in [-0.2, 0) is 18.3 Å². The van der Waals surface area contributed by atoms with Crippen LogP contribution < -0.4 is 5.32 Å². The van der Waals surface area contributed by atoms with Crippen molar-refractivity contribution >= 4 is 5.91 Å². The van der Waals surface area contributed by atoms with Crippen LogP contribution in [-0.4, -0.2) is 21.7 Å². The molecule has 88 valence electrons. The normalized spacial score (nSPS) is 24.8. The summed E-state index contributed by atoms with van der Waals surface area (Å²) in [5.41, 5.74) is 2.37. The topological polar surface area (TPSA) is 46.9 Å². The van der Waals surface area contributed by atoms with Gasteiger partial charge in [-0.25, -0.2) is 0 Å². The van der Waals surface area contributed by atoms with Gasteiger partial charge in [-0.3, -0.25) is 9.48 Å². The lowest BCUT2D eigenvalue weighted by molar-refractivity contribution is -0.119. The van der Waals surface area contributed by atoms with Crippen molar-refractivity contribution in [1.29, 1.82) is 0 Å². The Labute approximate surface area is 96.0 Å². The first-order valence-electron chi connectivity index (χ1n) is 5.97. The van der Waals surface area contributed by atoms with Crippen molar-refractivity contribution in [2.45, 2.75) is 45.1 Å². The van der Waals surface area contributed by atoms with Gasteiger partial charge in [-0.15, -0.1) is 0 Å². The zero-order valence-electron chi connectivity index (χ0n) is 10.2. The maximum Gasteiger partial charge on any atom is 0.220 e. The molecule has 2 atom stereocenters. The van der Waals surface area contributed by atoms with Crippen LogP contribution in [0.1, 0.15) is 43.9 Å². The molecule has 1 N–H and O–H groups in total. The standard InChI is InChI=1S/C12H19N3O/c1-4-10-8(6-12(16)13-10)9-7-15(3)14-11(9)5-2/h7-8,10H,4-6H2,1-3H3,(H,13,16). The Balaban J connectivity index is 2.31. The van der Waals surface area contributed by atoms with Crippen molar-refractivity contribution in [1.82, 2.24) is 15.1 Å². The van der Waals surface area contributed by atoms with Crippen LogP contribution in [0.5, 0.6) is 0 Å². The van der Waals surface area contributed by atoms with Crippen molar-refractivity contribution in [2.24, 2.45) is 7.05 Å². The molecule has 0 aliphatic carbocycles. The molecule has 4 nitrogen and oxygen atoms in total. The van der Waals surface area contributed by atoms with Gasteiger partial charge in [0.25, 0.3) is 0 Å². The van der Waals surface area contributed by atoms with E-state index < -0.39 is 0 Å². The number of aryl methyl sites for hydroxylation is 2. The molecular weight excluding hydrogens is 202 g/mol. The fraction of sp³-hybridized carbons (Fsp3) is 0.667. The zero-order chi connectivity index (χ0) is 11.7. The smallest absolute Gasteiger partial charge is 0.220 e. The van der Waals surface area contributed by atoms with Gasteiger partial charge in [0.05, 0.1) is 5.69 Å². The number of nitrogens with zero attached hydrogens (tertiary/aromatic N) is 2. The van der Waals surface area contributed by atoms with E-state index in [-0.39, 0.29) is 11.9 Å². The van der Waals surface area contributed by atoms with Gasteiger partial charge in [0.2, 0.25) is 5.91 Å². The van der Waals surface area contributed by atoms with E-state index in [4.69, 9.17) is 0 Å². The maximum absolute atomic E-state index is 11.5. The van der Waals surface area contributed by atoms with Gasteiger partial charge in [0, 0.05) is 31.6 Å². The molecular formula is C12H19N3O. The number of rotatable bonds is 3. The molecule has 1 fully saturated rings. The van der Waals surface area contributed by atoms with Crippen LogP contribution in [0.25, 0.3) is 0 Å². The SMILES string of the molecule is CCc1nn(C)cc1C1CC(=O)NC1CC. The Morgan fingerprint density at radius 1 is 1.56 bits per heavy atom. The van der Waals surface area contributed by atoms with Gasteiger partial charge in [0.1, 0.15) is 0 Å². The molecule has 1 aromatic rings. The summed E-state index contributed by atoms with van der Waals surface area (Å²) in [5.74, 6) is 0.476. The van der Waals surface area contributed by atoms with Crippen LogP contribution in [0, 0.1) is 0 Å². The first-order valence-corrected chi connectivity index (χ1v) is 5.97. The number of carbonyl (C=O) groups is 1. The molecule has 1 amide bonds. The third kappa shape index (κ3) is 1.84. The highest BCUT2D eigenvalue weighted by Crippen LogP contribution is 2.31. The number of carbonyl (C=O) groups excluding carboxylic acids is 1. The number of aromatic nitrogens is 2. The second-order valence-electron chi connectivity index (χ2n) is 4.45. The van der Waals surface area contributed by atoms with E-state index in [0.717, 1.165) is 18.5 Å². The third-order valence-electron chi connectivity index (χ3n) is 3.35. The minimum Gasteiger partial charge on any atom is -0.353 e. The molecule has 2 heterocycles. The average Bonchev–Trinajstić information content (AvgIpc) is 2.80. The molecule has 0 aromatic carbocycles. The van der Waals surface area contributed by atoms with Crippen LogP contribution in [0.15, 0.2) is 6.20 Å². The van der Waals surface area contributed by atoms with Gasteiger partial charge in [-0.05, 0) is 18.4 Å². The van der Waals surface area contributed by atoms with E-state index in [1.807, 2.05) is 11.7 Å². The molecule has 2 rings (SSSR count). The number of hydrogen-bond donors (Lipinski definition) is 1. The molecule has 1 aromatic heterocycles. The summed E-state index contributed by atoms with van der Waals surface area (Å²) in [6, 6.07) is 0.280. The van der Waals surface area contributed by atoms with Gasteiger partial charge in [0.15, 0.2) is 0 Å². The molecule has 1 aliphatic heterocycles. The fourth-order valence-corrected chi connectivity index (χ4v) is 2.56. The second-order valence-corrected chi connectivity index (χ2v) is 4.45. The average molecular weight is 221 g/mol. The maximum atomic E-state index is 11.5. The zero-order valence-corrected chi connectivity index (χ0v) is 10.2. The summed E-state index contributed by atoms with van der Waals surface area (Å²) in [5, 5.41) is 7.48. The number of nitrogens with one attached hydrogen (secondary N) is 1. The lowest BCUT2D eigenvalue weighted by Gasteiger charge is -2.16. The first-order chi connectivity index (χ1) is 7.65. The lowest BCUT2D eigenvalue weighted by atomic mass is 9.90. The van der Waals surface area contributed by atoms with Crippen molar-refractivity contribution in [3.63, 3.8) is 0 Å².